The maximum absolute atomic E-state index is 4.67. The van der Waals surface area contributed by atoms with Crippen molar-refractivity contribution < 1.29 is 0 Å². The fraction of sp³-hybridized carbons (Fsp3) is 0.533. The maximum Gasteiger partial charge on any atom is 0.137 e. The third-order valence-corrected chi connectivity index (χ3v) is 4.98. The Labute approximate surface area is 118 Å². The minimum Gasteiger partial charge on any atom is -0.350 e. The number of pyridine rings is 1. The summed E-state index contributed by atoms with van der Waals surface area (Å²) in [4.78, 5) is 7.19. The predicted molar refractivity (Wildman–Crippen MR) is 83.1 cm³/mol. The van der Waals surface area contributed by atoms with E-state index in [-0.39, 0.29) is 0 Å². The highest BCUT2D eigenvalue weighted by molar-refractivity contribution is 7.17. The molecule has 19 heavy (non-hydrogen) atoms. The second-order valence-corrected chi connectivity index (χ2v) is 6.14. The number of anilines is 1. The molecular formula is C15H21N3S. The number of rotatable bonds is 3. The van der Waals surface area contributed by atoms with Crippen LogP contribution in [-0.2, 0) is 0 Å². The number of hydrogen-bond donors (Lipinski definition) is 1. The summed E-state index contributed by atoms with van der Waals surface area (Å²) in [5.74, 6) is 1.17. The zero-order valence-electron chi connectivity index (χ0n) is 11.6. The summed E-state index contributed by atoms with van der Waals surface area (Å²) in [7, 11) is 0. The van der Waals surface area contributed by atoms with Gasteiger partial charge in [-0.3, -0.25) is 0 Å². The molecule has 2 aromatic rings. The van der Waals surface area contributed by atoms with Crippen LogP contribution in [0.15, 0.2) is 23.7 Å². The van der Waals surface area contributed by atoms with Crippen molar-refractivity contribution in [2.45, 2.75) is 38.8 Å². The molecule has 1 fully saturated rings. The highest BCUT2D eigenvalue weighted by Crippen LogP contribution is 2.31. The molecule has 2 aromatic heterocycles. The number of nitrogens with one attached hydrogen (secondary N) is 1. The van der Waals surface area contributed by atoms with Crippen LogP contribution in [0.1, 0.15) is 26.7 Å². The van der Waals surface area contributed by atoms with E-state index >= 15 is 0 Å². The first-order valence-corrected chi connectivity index (χ1v) is 8.03. The minimum absolute atomic E-state index is 0.556. The van der Waals surface area contributed by atoms with E-state index in [9.17, 15) is 0 Å². The lowest BCUT2D eigenvalue weighted by Crippen LogP contribution is -2.56. The molecule has 0 aromatic carbocycles. The Morgan fingerprint density at radius 3 is 3.05 bits per heavy atom. The average Bonchev–Trinajstić information content (AvgIpc) is 2.94. The summed E-state index contributed by atoms with van der Waals surface area (Å²) < 4.78 is 1.34. The minimum atomic E-state index is 0.556. The predicted octanol–water partition coefficient (Wildman–Crippen LogP) is 3.26. The lowest BCUT2D eigenvalue weighted by Gasteiger charge is -2.41. The monoisotopic (exact) mass is 275 g/mol. The van der Waals surface area contributed by atoms with Gasteiger partial charge >= 0.3 is 0 Å². The van der Waals surface area contributed by atoms with E-state index in [2.05, 4.69) is 46.6 Å². The SMILES string of the molecule is CCC1CN(c2nccc3sccc23)C(CC)CN1. The van der Waals surface area contributed by atoms with Crippen molar-refractivity contribution in [1.82, 2.24) is 10.3 Å². The Kier molecular flexibility index (Phi) is 3.71. The summed E-state index contributed by atoms with van der Waals surface area (Å²) in [6.45, 7) is 6.65. The highest BCUT2D eigenvalue weighted by atomic mass is 32.1. The van der Waals surface area contributed by atoms with Crippen molar-refractivity contribution in [3.63, 3.8) is 0 Å². The number of piperazine rings is 1. The third-order valence-electron chi connectivity index (χ3n) is 4.09. The lowest BCUT2D eigenvalue weighted by molar-refractivity contribution is 0.377. The second-order valence-electron chi connectivity index (χ2n) is 5.19. The molecule has 1 saturated heterocycles. The molecular weight excluding hydrogens is 254 g/mol. The molecule has 0 radical (unpaired) electrons. The van der Waals surface area contributed by atoms with Gasteiger partial charge in [-0.15, -0.1) is 11.3 Å². The molecule has 2 atom stereocenters. The number of thiophene rings is 1. The van der Waals surface area contributed by atoms with Crippen molar-refractivity contribution in [2.75, 3.05) is 18.0 Å². The van der Waals surface area contributed by atoms with Crippen LogP contribution >= 0.6 is 11.3 Å². The fourth-order valence-electron chi connectivity index (χ4n) is 2.87. The van der Waals surface area contributed by atoms with Gasteiger partial charge in [0.15, 0.2) is 0 Å². The van der Waals surface area contributed by atoms with Gasteiger partial charge in [-0.25, -0.2) is 4.98 Å². The van der Waals surface area contributed by atoms with Crippen LogP contribution in [0.4, 0.5) is 5.82 Å². The fourth-order valence-corrected chi connectivity index (χ4v) is 3.65. The largest absolute Gasteiger partial charge is 0.350 e. The second kappa shape index (κ2) is 5.47. The Hall–Kier alpha value is -1.13. The molecule has 102 valence electrons. The van der Waals surface area contributed by atoms with Gasteiger partial charge in [0.1, 0.15) is 5.82 Å². The van der Waals surface area contributed by atoms with Gasteiger partial charge in [-0.1, -0.05) is 13.8 Å². The van der Waals surface area contributed by atoms with Gasteiger partial charge < -0.3 is 10.2 Å². The smallest absolute Gasteiger partial charge is 0.137 e. The molecule has 0 spiro atoms. The van der Waals surface area contributed by atoms with Crippen LogP contribution in [0.2, 0.25) is 0 Å². The van der Waals surface area contributed by atoms with Gasteiger partial charge in [-0.05, 0) is 30.4 Å². The Bertz CT molecular complexity index is 551. The average molecular weight is 275 g/mol. The first-order chi connectivity index (χ1) is 9.33. The standard InChI is InChI=1S/C15H21N3S/c1-3-11-10-18(12(4-2)9-17-11)15-13-6-8-19-14(13)5-7-16-15/h5-8,11-12,17H,3-4,9-10H2,1-2H3. The van der Waals surface area contributed by atoms with E-state index < -0.39 is 0 Å². The molecule has 2 unspecified atom stereocenters. The van der Waals surface area contributed by atoms with Crippen LogP contribution in [-0.4, -0.2) is 30.2 Å². The molecule has 3 nitrogen and oxygen atoms in total. The summed E-state index contributed by atoms with van der Waals surface area (Å²) in [5.41, 5.74) is 0. The van der Waals surface area contributed by atoms with E-state index in [0.717, 1.165) is 19.5 Å². The zero-order chi connectivity index (χ0) is 13.2. The van der Waals surface area contributed by atoms with E-state index in [1.165, 1.54) is 22.3 Å². The van der Waals surface area contributed by atoms with Gasteiger partial charge in [-0.2, -0.15) is 0 Å². The van der Waals surface area contributed by atoms with Crippen LogP contribution < -0.4 is 10.2 Å². The zero-order valence-corrected chi connectivity index (χ0v) is 12.4. The number of nitrogens with zero attached hydrogens (tertiary/aromatic N) is 2. The van der Waals surface area contributed by atoms with Crippen molar-refractivity contribution in [1.29, 1.82) is 0 Å². The molecule has 0 aliphatic carbocycles. The van der Waals surface area contributed by atoms with E-state index in [1.807, 2.05) is 6.20 Å². The quantitative estimate of drug-likeness (QED) is 0.932. The topological polar surface area (TPSA) is 28.2 Å². The van der Waals surface area contributed by atoms with Crippen LogP contribution in [0.25, 0.3) is 10.1 Å². The number of aromatic nitrogens is 1. The molecule has 1 aliphatic rings. The molecule has 0 bridgehead atoms. The third kappa shape index (κ3) is 2.35. The molecule has 3 rings (SSSR count). The van der Waals surface area contributed by atoms with E-state index in [0.29, 0.717) is 12.1 Å². The van der Waals surface area contributed by atoms with Crippen molar-refractivity contribution >= 4 is 27.2 Å². The summed E-state index contributed by atoms with van der Waals surface area (Å²) in [5, 5.41) is 7.12. The van der Waals surface area contributed by atoms with Gasteiger partial charge in [0, 0.05) is 41.5 Å². The molecule has 3 heterocycles. The molecule has 1 aliphatic heterocycles. The maximum atomic E-state index is 4.67. The van der Waals surface area contributed by atoms with Crippen LogP contribution in [0, 0.1) is 0 Å². The number of hydrogen-bond acceptors (Lipinski definition) is 4. The molecule has 0 saturated carbocycles. The van der Waals surface area contributed by atoms with Gasteiger partial charge in [0.2, 0.25) is 0 Å². The summed E-state index contributed by atoms with van der Waals surface area (Å²) in [6, 6.07) is 5.46. The molecule has 4 heteroatoms. The van der Waals surface area contributed by atoms with E-state index in [4.69, 9.17) is 0 Å². The lowest BCUT2D eigenvalue weighted by atomic mass is 10.0. The summed E-state index contributed by atoms with van der Waals surface area (Å²) >= 11 is 1.80. The van der Waals surface area contributed by atoms with E-state index in [1.54, 1.807) is 11.3 Å². The van der Waals surface area contributed by atoms with Crippen molar-refractivity contribution in [2.24, 2.45) is 0 Å². The van der Waals surface area contributed by atoms with Gasteiger partial charge in [0.25, 0.3) is 0 Å². The Morgan fingerprint density at radius 1 is 1.37 bits per heavy atom. The highest BCUT2D eigenvalue weighted by Gasteiger charge is 2.27. The van der Waals surface area contributed by atoms with Crippen LogP contribution in [0.3, 0.4) is 0 Å². The Balaban J connectivity index is 1.99. The molecule has 1 N–H and O–H groups in total. The first-order valence-electron chi connectivity index (χ1n) is 7.15. The van der Waals surface area contributed by atoms with Gasteiger partial charge in [0.05, 0.1) is 0 Å². The first kappa shape index (κ1) is 12.9. The molecule has 0 amide bonds. The number of fused-ring (bicyclic) bond motifs is 1. The van der Waals surface area contributed by atoms with Crippen molar-refractivity contribution in [3.8, 4) is 0 Å². The normalized spacial score (nSPS) is 24.0. The summed E-state index contributed by atoms with van der Waals surface area (Å²) in [6.07, 6.45) is 4.28. The van der Waals surface area contributed by atoms with Crippen molar-refractivity contribution in [3.05, 3.63) is 23.7 Å². The van der Waals surface area contributed by atoms with Crippen LogP contribution in [0.5, 0.6) is 0 Å². The Morgan fingerprint density at radius 2 is 2.26 bits per heavy atom.